The van der Waals surface area contributed by atoms with Crippen molar-refractivity contribution in [2.24, 2.45) is 0 Å². The second kappa shape index (κ2) is 5.17. The molecule has 1 unspecified atom stereocenters. The number of aliphatic hydroxyl groups is 1. The normalized spacial score (nSPS) is 13.4. The zero-order chi connectivity index (χ0) is 13.9. The Bertz CT molecular complexity index is 608. The molecule has 2 nitrogen and oxygen atoms in total. The topological polar surface area (TPSA) is 29.5 Å². The first-order valence-electron chi connectivity index (χ1n) is 6.02. The minimum absolute atomic E-state index is 0.658. The lowest BCUT2D eigenvalue weighted by Crippen LogP contribution is -2.26. The zero-order valence-electron chi connectivity index (χ0n) is 11.1. The fourth-order valence-corrected chi connectivity index (χ4v) is 2.13. The number of ether oxygens (including phenoxy) is 1. The Hall–Kier alpha value is -2.24. The first kappa shape index (κ1) is 13.2. The molecule has 2 aromatic rings. The summed E-state index contributed by atoms with van der Waals surface area (Å²) in [7, 11) is 1.60. The standard InChI is InChI=1S/C17H16O2/c1-4-17(18,16-8-6-5-7-13(16)2)14-9-11-15(19-3)12-10-14/h1,5-12,18H,2-3H3. The zero-order valence-corrected chi connectivity index (χ0v) is 11.1. The minimum Gasteiger partial charge on any atom is -0.497 e. The van der Waals surface area contributed by atoms with Crippen LogP contribution in [0.4, 0.5) is 0 Å². The number of aryl methyl sites for hydroxylation is 1. The van der Waals surface area contributed by atoms with E-state index in [0.29, 0.717) is 5.56 Å². The van der Waals surface area contributed by atoms with Crippen molar-refractivity contribution in [3.05, 3.63) is 65.2 Å². The van der Waals surface area contributed by atoms with Gasteiger partial charge in [0.2, 0.25) is 0 Å². The Morgan fingerprint density at radius 1 is 1.11 bits per heavy atom. The van der Waals surface area contributed by atoms with E-state index in [0.717, 1.165) is 16.9 Å². The Labute approximate surface area is 113 Å². The molecule has 1 atom stereocenters. The van der Waals surface area contributed by atoms with E-state index in [-0.39, 0.29) is 0 Å². The highest BCUT2D eigenvalue weighted by molar-refractivity contribution is 5.47. The largest absolute Gasteiger partial charge is 0.497 e. The highest BCUT2D eigenvalue weighted by atomic mass is 16.5. The van der Waals surface area contributed by atoms with Crippen LogP contribution in [0, 0.1) is 19.3 Å². The molecule has 2 heteroatoms. The third-order valence-electron chi connectivity index (χ3n) is 3.25. The number of rotatable bonds is 3. The molecule has 0 aliphatic carbocycles. The molecule has 0 aliphatic heterocycles. The van der Waals surface area contributed by atoms with Gasteiger partial charge in [0.1, 0.15) is 5.75 Å². The number of terminal acetylenes is 1. The summed E-state index contributed by atoms with van der Waals surface area (Å²) < 4.78 is 5.11. The van der Waals surface area contributed by atoms with Crippen LogP contribution in [-0.4, -0.2) is 12.2 Å². The van der Waals surface area contributed by atoms with Gasteiger partial charge in [-0.25, -0.2) is 0 Å². The first-order valence-corrected chi connectivity index (χ1v) is 6.02. The van der Waals surface area contributed by atoms with Crippen molar-refractivity contribution < 1.29 is 9.84 Å². The van der Waals surface area contributed by atoms with E-state index in [1.807, 2.05) is 31.2 Å². The maximum Gasteiger partial charge on any atom is 0.176 e. The van der Waals surface area contributed by atoms with Crippen LogP contribution in [0.15, 0.2) is 48.5 Å². The van der Waals surface area contributed by atoms with Gasteiger partial charge >= 0.3 is 0 Å². The monoisotopic (exact) mass is 252 g/mol. The van der Waals surface area contributed by atoms with Crippen molar-refractivity contribution in [2.75, 3.05) is 7.11 Å². The van der Waals surface area contributed by atoms with Gasteiger partial charge in [0.05, 0.1) is 7.11 Å². The van der Waals surface area contributed by atoms with Gasteiger partial charge in [-0.1, -0.05) is 42.3 Å². The number of methoxy groups -OCH3 is 1. The SMILES string of the molecule is C#CC(O)(c1ccc(OC)cc1)c1ccccc1C. The second-order valence-corrected chi connectivity index (χ2v) is 4.40. The Balaban J connectivity index is 2.54. The second-order valence-electron chi connectivity index (χ2n) is 4.40. The average molecular weight is 252 g/mol. The van der Waals surface area contributed by atoms with Gasteiger partial charge in [-0.05, 0) is 24.6 Å². The van der Waals surface area contributed by atoms with Crippen LogP contribution in [0.3, 0.4) is 0 Å². The maximum atomic E-state index is 10.8. The van der Waals surface area contributed by atoms with E-state index in [9.17, 15) is 5.11 Å². The summed E-state index contributed by atoms with van der Waals surface area (Å²) in [6.45, 7) is 1.93. The van der Waals surface area contributed by atoms with Crippen molar-refractivity contribution in [1.82, 2.24) is 0 Å². The molecule has 0 heterocycles. The summed E-state index contributed by atoms with van der Waals surface area (Å²) in [5.74, 6) is 3.23. The molecule has 0 bridgehead atoms. The fourth-order valence-electron chi connectivity index (χ4n) is 2.13. The molecule has 2 aromatic carbocycles. The molecule has 2 rings (SSSR count). The van der Waals surface area contributed by atoms with E-state index in [2.05, 4.69) is 5.92 Å². The van der Waals surface area contributed by atoms with Gasteiger partial charge < -0.3 is 9.84 Å². The average Bonchev–Trinajstić information content (AvgIpc) is 2.47. The summed E-state index contributed by atoms with van der Waals surface area (Å²) in [5, 5.41) is 10.8. The Morgan fingerprint density at radius 2 is 1.74 bits per heavy atom. The van der Waals surface area contributed by atoms with E-state index in [1.165, 1.54) is 0 Å². The van der Waals surface area contributed by atoms with Crippen molar-refractivity contribution in [2.45, 2.75) is 12.5 Å². The number of hydrogen-bond donors (Lipinski definition) is 1. The summed E-state index contributed by atoms with van der Waals surface area (Å²) in [5.41, 5.74) is 0.920. The quantitative estimate of drug-likeness (QED) is 0.851. The Kier molecular flexibility index (Phi) is 3.59. The van der Waals surface area contributed by atoms with E-state index < -0.39 is 5.60 Å². The molecule has 0 fully saturated rings. The van der Waals surface area contributed by atoms with Gasteiger partial charge in [0.25, 0.3) is 0 Å². The Morgan fingerprint density at radius 3 is 2.26 bits per heavy atom. The fraction of sp³-hybridized carbons (Fsp3) is 0.176. The third kappa shape index (κ3) is 2.33. The minimum atomic E-state index is -1.42. The van der Waals surface area contributed by atoms with E-state index in [4.69, 9.17) is 11.2 Å². The van der Waals surface area contributed by atoms with Crippen LogP contribution < -0.4 is 4.74 Å². The van der Waals surface area contributed by atoms with Crippen molar-refractivity contribution in [3.8, 4) is 18.1 Å². The molecule has 0 saturated carbocycles. The maximum absolute atomic E-state index is 10.8. The van der Waals surface area contributed by atoms with Crippen LogP contribution >= 0.6 is 0 Å². The van der Waals surface area contributed by atoms with Crippen LogP contribution in [0.5, 0.6) is 5.75 Å². The molecule has 0 amide bonds. The van der Waals surface area contributed by atoms with Crippen molar-refractivity contribution in [3.63, 3.8) is 0 Å². The number of benzene rings is 2. The van der Waals surface area contributed by atoms with Gasteiger partial charge in [-0.2, -0.15) is 0 Å². The van der Waals surface area contributed by atoms with Gasteiger partial charge in [-0.3, -0.25) is 0 Å². The predicted octanol–water partition coefficient (Wildman–Crippen LogP) is 2.87. The number of hydrogen-bond acceptors (Lipinski definition) is 2. The molecule has 0 aliphatic rings. The van der Waals surface area contributed by atoms with Crippen LogP contribution in [0.25, 0.3) is 0 Å². The van der Waals surface area contributed by atoms with Gasteiger partial charge in [-0.15, -0.1) is 6.42 Å². The summed E-state index contributed by atoms with van der Waals surface area (Å²) >= 11 is 0. The lowest BCUT2D eigenvalue weighted by Gasteiger charge is -2.25. The van der Waals surface area contributed by atoms with Gasteiger partial charge in [0, 0.05) is 11.1 Å². The first-order chi connectivity index (χ1) is 9.11. The lowest BCUT2D eigenvalue weighted by atomic mass is 9.84. The van der Waals surface area contributed by atoms with Crippen LogP contribution in [0.1, 0.15) is 16.7 Å². The molecular weight excluding hydrogens is 236 g/mol. The lowest BCUT2D eigenvalue weighted by molar-refractivity contribution is 0.144. The van der Waals surface area contributed by atoms with Crippen molar-refractivity contribution >= 4 is 0 Å². The molecule has 0 saturated heterocycles. The molecule has 0 radical (unpaired) electrons. The smallest absolute Gasteiger partial charge is 0.176 e. The molecule has 0 spiro atoms. The van der Waals surface area contributed by atoms with Gasteiger partial charge in [0.15, 0.2) is 5.60 Å². The molecule has 96 valence electrons. The predicted molar refractivity (Wildman–Crippen MR) is 76.0 cm³/mol. The van der Waals surface area contributed by atoms with Crippen LogP contribution in [0.2, 0.25) is 0 Å². The molecule has 1 N–H and O–H groups in total. The highest BCUT2D eigenvalue weighted by Crippen LogP contribution is 2.32. The molecule has 19 heavy (non-hydrogen) atoms. The van der Waals surface area contributed by atoms with Crippen LogP contribution in [-0.2, 0) is 5.60 Å². The summed E-state index contributed by atoms with van der Waals surface area (Å²) in [4.78, 5) is 0. The van der Waals surface area contributed by atoms with Crippen molar-refractivity contribution in [1.29, 1.82) is 0 Å². The van der Waals surface area contributed by atoms with E-state index in [1.54, 1.807) is 31.4 Å². The molecule has 0 aromatic heterocycles. The summed E-state index contributed by atoms with van der Waals surface area (Å²) in [6, 6.07) is 14.7. The summed E-state index contributed by atoms with van der Waals surface area (Å²) in [6.07, 6.45) is 5.58. The highest BCUT2D eigenvalue weighted by Gasteiger charge is 2.30. The third-order valence-corrected chi connectivity index (χ3v) is 3.25. The van der Waals surface area contributed by atoms with E-state index >= 15 is 0 Å². The molecular formula is C17H16O2.